The van der Waals surface area contributed by atoms with E-state index in [1.54, 1.807) is 0 Å². The highest BCUT2D eigenvalue weighted by atomic mass is 16.3. The van der Waals surface area contributed by atoms with Crippen LogP contribution in [0.25, 0.3) is 138 Å². The first-order valence-electron chi connectivity index (χ1n) is 27.0. The van der Waals surface area contributed by atoms with E-state index < -0.39 is 5.41 Å². The van der Waals surface area contributed by atoms with Gasteiger partial charge in [-0.25, -0.2) is 15.0 Å². The number of hydrogen-bond donors (Lipinski definition) is 0. The summed E-state index contributed by atoms with van der Waals surface area (Å²) < 4.78 is 9.34. The van der Waals surface area contributed by atoms with Crippen molar-refractivity contribution in [2.24, 2.45) is 0 Å². The maximum Gasteiger partial charge on any atom is 0.164 e. The standard InChI is InChI=1S/C74H44N4O/c1-4-19-45(20-5-1)52-26-10-11-30-57(52)72-75-71(48-37-39-63-60(42-48)53-27-12-15-32-62(53)74(63,50-22-6-2-7-23-50)51-24-8-3-9-25-51)76-73(77-72)58-31-18-21-46-35-36-47(41-59(46)58)49-43-61-55-29-14-17-34-65(55)78-64-33-16-13-28-54(64)56-38-40-66-69(70(56)78)68(61)67(44-49)79-66/h1-44H. The van der Waals surface area contributed by atoms with Crippen molar-refractivity contribution in [1.29, 1.82) is 0 Å². The maximum atomic E-state index is 6.90. The molecule has 0 saturated heterocycles. The van der Waals surface area contributed by atoms with Crippen LogP contribution >= 0.6 is 0 Å². The largest absolute Gasteiger partial charge is 0.456 e. The van der Waals surface area contributed by atoms with Gasteiger partial charge < -0.3 is 8.82 Å². The van der Waals surface area contributed by atoms with E-state index in [-0.39, 0.29) is 0 Å². The predicted molar refractivity (Wildman–Crippen MR) is 324 cm³/mol. The number of fused-ring (bicyclic) bond motifs is 10. The van der Waals surface area contributed by atoms with E-state index in [1.165, 1.54) is 55.0 Å². The first-order valence-corrected chi connectivity index (χ1v) is 27.0. The van der Waals surface area contributed by atoms with Crippen LogP contribution in [-0.2, 0) is 5.41 Å². The van der Waals surface area contributed by atoms with E-state index in [1.807, 2.05) is 0 Å². The highest BCUT2D eigenvalue weighted by Gasteiger charge is 2.46. The SMILES string of the molecule is c1ccc(-c2ccccc2-c2nc(-c3ccc4c(c3)-c3ccccc3C4(c3ccccc3)c3ccccc3)nc(-c3cccc4ccc(-c5cc6oc7ccc8c9ccccc9n9c%10ccccc%10c(c5)c6c7c89)cc34)n2)cc1. The van der Waals surface area contributed by atoms with Crippen LogP contribution in [-0.4, -0.2) is 19.4 Å². The normalized spacial score (nSPS) is 12.9. The van der Waals surface area contributed by atoms with Gasteiger partial charge in [0.2, 0.25) is 0 Å². The summed E-state index contributed by atoms with van der Waals surface area (Å²) in [5, 5.41) is 9.20. The van der Waals surface area contributed by atoms with E-state index in [4.69, 9.17) is 19.4 Å². The average Bonchev–Trinajstić information content (AvgIpc) is 3.11. The van der Waals surface area contributed by atoms with Gasteiger partial charge in [0.25, 0.3) is 0 Å². The number of hydrogen-bond acceptors (Lipinski definition) is 4. The number of benzene rings is 12. The predicted octanol–water partition coefficient (Wildman–Crippen LogP) is 18.8. The number of para-hydroxylation sites is 2. The zero-order valence-electron chi connectivity index (χ0n) is 42.6. The summed E-state index contributed by atoms with van der Waals surface area (Å²) in [6.07, 6.45) is 0. The van der Waals surface area contributed by atoms with E-state index in [0.717, 1.165) is 88.1 Å². The van der Waals surface area contributed by atoms with E-state index >= 15 is 0 Å². The Morgan fingerprint density at radius 3 is 1.65 bits per heavy atom. The van der Waals surface area contributed by atoms with Gasteiger partial charge in [0.15, 0.2) is 17.5 Å². The minimum atomic E-state index is -0.528. The van der Waals surface area contributed by atoms with E-state index in [2.05, 4.69) is 271 Å². The summed E-state index contributed by atoms with van der Waals surface area (Å²) in [5.74, 6) is 1.80. The van der Waals surface area contributed by atoms with Gasteiger partial charge in [0, 0.05) is 38.2 Å². The molecule has 0 spiro atoms. The van der Waals surface area contributed by atoms with E-state index in [0.29, 0.717) is 17.5 Å². The van der Waals surface area contributed by atoms with Gasteiger partial charge in [-0.05, 0) is 120 Å². The third-order valence-electron chi connectivity index (χ3n) is 16.9. The second kappa shape index (κ2) is 16.8. The molecule has 12 aromatic carbocycles. The van der Waals surface area contributed by atoms with Crippen molar-refractivity contribution >= 4 is 70.8 Å². The molecule has 5 nitrogen and oxygen atoms in total. The van der Waals surface area contributed by atoms with Crippen LogP contribution in [0.5, 0.6) is 0 Å². The molecule has 0 bridgehead atoms. The topological polar surface area (TPSA) is 56.2 Å². The molecule has 0 atom stereocenters. The number of furan rings is 1. The van der Waals surface area contributed by atoms with Crippen LogP contribution in [0.4, 0.5) is 0 Å². The van der Waals surface area contributed by atoms with Crippen molar-refractivity contribution in [2.75, 3.05) is 0 Å². The Morgan fingerprint density at radius 2 is 0.886 bits per heavy atom. The fraction of sp³-hybridized carbons (Fsp3) is 0.0135. The number of rotatable bonds is 7. The first kappa shape index (κ1) is 43.7. The Labute approximate surface area is 454 Å². The van der Waals surface area contributed by atoms with Gasteiger partial charge in [-0.2, -0.15) is 0 Å². The summed E-state index contributed by atoms with van der Waals surface area (Å²) in [4.78, 5) is 16.4. The zero-order chi connectivity index (χ0) is 51.8. The van der Waals surface area contributed by atoms with Crippen LogP contribution in [0.3, 0.4) is 0 Å². The molecule has 5 heteroatoms. The van der Waals surface area contributed by atoms with Crippen molar-refractivity contribution in [1.82, 2.24) is 19.4 Å². The summed E-state index contributed by atoms with van der Waals surface area (Å²) in [5.41, 5.74) is 19.1. The molecule has 1 aliphatic rings. The Hall–Kier alpha value is -10.5. The van der Waals surface area contributed by atoms with Gasteiger partial charge in [-0.1, -0.05) is 218 Å². The molecule has 4 heterocycles. The molecule has 4 aromatic heterocycles. The van der Waals surface area contributed by atoms with Crippen LogP contribution in [0.15, 0.2) is 271 Å². The highest BCUT2D eigenvalue weighted by Crippen LogP contribution is 2.57. The third kappa shape index (κ3) is 6.30. The van der Waals surface area contributed by atoms with Crippen molar-refractivity contribution in [3.63, 3.8) is 0 Å². The van der Waals surface area contributed by atoms with Crippen molar-refractivity contribution < 1.29 is 4.42 Å². The summed E-state index contributed by atoms with van der Waals surface area (Å²) in [7, 11) is 0. The third-order valence-corrected chi connectivity index (χ3v) is 16.9. The van der Waals surface area contributed by atoms with Crippen molar-refractivity contribution in [3.8, 4) is 67.5 Å². The lowest BCUT2D eigenvalue weighted by atomic mass is 9.67. The van der Waals surface area contributed by atoms with Crippen molar-refractivity contribution in [2.45, 2.75) is 5.41 Å². The highest BCUT2D eigenvalue weighted by molar-refractivity contribution is 6.32. The fourth-order valence-corrected chi connectivity index (χ4v) is 13.5. The number of nitrogens with zero attached hydrogens (tertiary/aromatic N) is 4. The Morgan fingerprint density at radius 1 is 0.304 bits per heavy atom. The molecule has 1 aliphatic carbocycles. The molecule has 0 saturated carbocycles. The Bertz CT molecular complexity index is 5080. The molecule has 16 aromatic rings. The summed E-state index contributed by atoms with van der Waals surface area (Å²) in [6, 6.07) is 96.2. The fourth-order valence-electron chi connectivity index (χ4n) is 13.5. The minimum Gasteiger partial charge on any atom is -0.456 e. The molecule has 17 rings (SSSR count). The maximum absolute atomic E-state index is 6.90. The van der Waals surface area contributed by atoms with Crippen molar-refractivity contribution in [3.05, 3.63) is 289 Å². The lowest BCUT2D eigenvalue weighted by molar-refractivity contribution is 0.669. The zero-order valence-corrected chi connectivity index (χ0v) is 42.6. The monoisotopic (exact) mass is 1000 g/mol. The van der Waals surface area contributed by atoms with E-state index in [9.17, 15) is 0 Å². The molecule has 366 valence electrons. The molecule has 0 aliphatic heterocycles. The lowest BCUT2D eigenvalue weighted by Crippen LogP contribution is -2.28. The molecule has 0 fully saturated rings. The molecule has 0 N–H and O–H groups in total. The summed E-state index contributed by atoms with van der Waals surface area (Å²) in [6.45, 7) is 0. The smallest absolute Gasteiger partial charge is 0.164 e. The second-order valence-corrected chi connectivity index (χ2v) is 21.0. The summed E-state index contributed by atoms with van der Waals surface area (Å²) >= 11 is 0. The Kier molecular flexibility index (Phi) is 9.27. The van der Waals surface area contributed by atoms with Gasteiger partial charge in [-0.15, -0.1) is 0 Å². The number of aromatic nitrogens is 4. The van der Waals surface area contributed by atoms with Crippen LogP contribution in [0.2, 0.25) is 0 Å². The van der Waals surface area contributed by atoms with Gasteiger partial charge in [0.05, 0.1) is 27.4 Å². The molecular weight excluding hydrogens is 961 g/mol. The first-order chi connectivity index (χ1) is 39.2. The molecule has 0 amide bonds. The lowest BCUT2D eigenvalue weighted by Gasteiger charge is -2.33. The van der Waals surface area contributed by atoms with Crippen LogP contribution in [0, 0.1) is 0 Å². The molecule has 79 heavy (non-hydrogen) atoms. The molecular formula is C74H44N4O. The van der Waals surface area contributed by atoms with Gasteiger partial charge >= 0.3 is 0 Å². The Balaban J connectivity index is 0.882. The van der Waals surface area contributed by atoms with Crippen LogP contribution < -0.4 is 0 Å². The van der Waals surface area contributed by atoms with Crippen LogP contribution in [0.1, 0.15) is 22.3 Å². The van der Waals surface area contributed by atoms with Gasteiger partial charge in [0.1, 0.15) is 11.2 Å². The molecule has 0 unspecified atom stereocenters. The second-order valence-electron chi connectivity index (χ2n) is 21.0. The minimum absolute atomic E-state index is 0.528. The quantitative estimate of drug-likeness (QED) is 0.160. The molecule has 0 radical (unpaired) electrons. The average molecular weight is 1010 g/mol. The van der Waals surface area contributed by atoms with Gasteiger partial charge in [-0.3, -0.25) is 0 Å².